The second-order valence-electron chi connectivity index (χ2n) is 9.49. The van der Waals surface area contributed by atoms with Crippen LogP contribution in [-0.2, 0) is 17.8 Å². The van der Waals surface area contributed by atoms with Crippen molar-refractivity contribution >= 4 is 17.7 Å². The van der Waals surface area contributed by atoms with Crippen LogP contribution in [0.1, 0.15) is 24.1 Å². The summed E-state index contributed by atoms with van der Waals surface area (Å²) in [5, 5.41) is 12.8. The van der Waals surface area contributed by atoms with Gasteiger partial charge in [-0.1, -0.05) is 96.7 Å². The van der Waals surface area contributed by atoms with E-state index < -0.39 is 0 Å². The van der Waals surface area contributed by atoms with Gasteiger partial charge in [0.05, 0.1) is 18.9 Å². The molecule has 0 bridgehead atoms. The van der Waals surface area contributed by atoms with Crippen molar-refractivity contribution in [1.29, 1.82) is 0 Å². The highest BCUT2D eigenvalue weighted by Crippen LogP contribution is 2.27. The fraction of sp³-hybridized carbons (Fsp3) is 0.182. The van der Waals surface area contributed by atoms with Gasteiger partial charge in [0.25, 0.3) is 0 Å². The maximum atomic E-state index is 12.9. The number of nitrogens with zero attached hydrogens (tertiary/aromatic N) is 3. The highest BCUT2D eigenvalue weighted by atomic mass is 32.2. The summed E-state index contributed by atoms with van der Waals surface area (Å²) < 4.78 is 7.40. The predicted octanol–water partition coefficient (Wildman–Crippen LogP) is 6.83. The predicted molar refractivity (Wildman–Crippen MR) is 161 cm³/mol. The number of methoxy groups -OCH3 is 1. The molecule has 1 N–H and O–H groups in total. The Balaban J connectivity index is 1.25. The minimum absolute atomic E-state index is 0.0479. The van der Waals surface area contributed by atoms with Gasteiger partial charge in [-0.15, -0.1) is 10.2 Å². The maximum Gasteiger partial charge on any atom is 0.230 e. The van der Waals surface area contributed by atoms with Crippen LogP contribution < -0.4 is 10.1 Å². The van der Waals surface area contributed by atoms with E-state index in [1.54, 1.807) is 7.11 Å². The molecule has 7 heteroatoms. The Bertz CT molecular complexity index is 1520. The summed E-state index contributed by atoms with van der Waals surface area (Å²) in [6.45, 7) is 2.71. The van der Waals surface area contributed by atoms with Crippen molar-refractivity contribution in [2.24, 2.45) is 0 Å². The molecular weight excluding hydrogens is 516 g/mol. The molecule has 5 rings (SSSR count). The third-order valence-corrected chi connectivity index (χ3v) is 7.73. The number of hydrogen-bond donors (Lipinski definition) is 1. The molecule has 5 aromatic rings. The Hall–Kier alpha value is -4.36. The standard InChI is InChI=1S/C33H32N4O2S/c1-24(26-13-15-28(16-14-26)27-11-7-4-8-12-27)34-31(38)23-40-33-36-35-32(29-17-19-30(39-2)20-18-29)37(33)22-21-25-9-5-3-6-10-25/h3-20,24H,21-23H2,1-2H3,(H,34,38)/t24-/m1/s1. The minimum Gasteiger partial charge on any atom is -0.497 e. The largest absolute Gasteiger partial charge is 0.497 e. The number of rotatable bonds is 11. The summed E-state index contributed by atoms with van der Waals surface area (Å²) >= 11 is 1.40. The number of carbonyl (C=O) groups excluding carboxylic acids is 1. The SMILES string of the molecule is COc1ccc(-c2nnc(SCC(=O)N[C@H](C)c3ccc(-c4ccccc4)cc3)n2CCc2ccccc2)cc1. The van der Waals surface area contributed by atoms with Gasteiger partial charge in [-0.2, -0.15) is 0 Å². The lowest BCUT2D eigenvalue weighted by atomic mass is 10.0. The van der Waals surface area contributed by atoms with E-state index in [0.717, 1.165) is 39.8 Å². The quantitative estimate of drug-likeness (QED) is 0.183. The van der Waals surface area contributed by atoms with Gasteiger partial charge in [0.2, 0.25) is 5.91 Å². The number of aryl methyl sites for hydroxylation is 1. The van der Waals surface area contributed by atoms with Crippen LogP contribution in [0.3, 0.4) is 0 Å². The zero-order chi connectivity index (χ0) is 27.7. The third-order valence-electron chi connectivity index (χ3n) is 6.76. The molecule has 0 spiro atoms. The van der Waals surface area contributed by atoms with E-state index in [1.165, 1.54) is 22.9 Å². The molecular formula is C33H32N4O2S. The number of amides is 1. The molecule has 1 heterocycles. The average Bonchev–Trinajstić information content (AvgIpc) is 3.42. The minimum atomic E-state index is -0.108. The number of hydrogen-bond acceptors (Lipinski definition) is 5. The maximum absolute atomic E-state index is 12.9. The summed E-state index contributed by atoms with van der Waals surface area (Å²) in [6.07, 6.45) is 0.831. The fourth-order valence-corrected chi connectivity index (χ4v) is 5.30. The summed E-state index contributed by atoms with van der Waals surface area (Å²) in [5.41, 5.74) is 5.57. The van der Waals surface area contributed by atoms with Crippen molar-refractivity contribution in [1.82, 2.24) is 20.1 Å². The van der Waals surface area contributed by atoms with Crippen LogP contribution in [0.15, 0.2) is 114 Å². The lowest BCUT2D eigenvalue weighted by molar-refractivity contribution is -0.119. The monoisotopic (exact) mass is 548 g/mol. The van der Waals surface area contributed by atoms with E-state index in [4.69, 9.17) is 4.74 Å². The Morgan fingerprint density at radius 3 is 2.12 bits per heavy atom. The van der Waals surface area contributed by atoms with Crippen molar-refractivity contribution in [3.8, 4) is 28.3 Å². The van der Waals surface area contributed by atoms with Crippen molar-refractivity contribution < 1.29 is 9.53 Å². The molecule has 0 saturated heterocycles. The molecule has 0 aliphatic carbocycles. The average molecular weight is 549 g/mol. The summed E-state index contributed by atoms with van der Waals surface area (Å²) in [7, 11) is 1.65. The van der Waals surface area contributed by atoms with Gasteiger partial charge >= 0.3 is 0 Å². The van der Waals surface area contributed by atoms with Gasteiger partial charge in [0.15, 0.2) is 11.0 Å². The molecule has 202 valence electrons. The first-order chi connectivity index (χ1) is 19.6. The molecule has 0 aliphatic heterocycles. The van der Waals surface area contributed by atoms with E-state index in [9.17, 15) is 4.79 Å². The first-order valence-electron chi connectivity index (χ1n) is 13.3. The topological polar surface area (TPSA) is 69.0 Å². The van der Waals surface area contributed by atoms with Crippen LogP contribution in [0.5, 0.6) is 5.75 Å². The van der Waals surface area contributed by atoms with Gasteiger partial charge in [0.1, 0.15) is 5.75 Å². The van der Waals surface area contributed by atoms with E-state index in [2.05, 4.69) is 68.6 Å². The molecule has 1 aromatic heterocycles. The number of ether oxygens (including phenoxy) is 1. The molecule has 4 aromatic carbocycles. The van der Waals surface area contributed by atoms with Crippen molar-refractivity contribution in [2.75, 3.05) is 12.9 Å². The molecule has 0 unspecified atom stereocenters. The molecule has 6 nitrogen and oxygen atoms in total. The van der Waals surface area contributed by atoms with Crippen LogP contribution in [0.25, 0.3) is 22.5 Å². The smallest absolute Gasteiger partial charge is 0.230 e. The number of thioether (sulfide) groups is 1. The van der Waals surface area contributed by atoms with Gasteiger partial charge in [-0.05, 0) is 59.9 Å². The Morgan fingerprint density at radius 1 is 0.825 bits per heavy atom. The van der Waals surface area contributed by atoms with Crippen molar-refractivity contribution in [2.45, 2.75) is 31.1 Å². The van der Waals surface area contributed by atoms with Crippen molar-refractivity contribution in [3.05, 3.63) is 120 Å². The first kappa shape index (κ1) is 27.2. The van der Waals surface area contributed by atoms with Gasteiger partial charge in [-0.3, -0.25) is 4.79 Å². The normalized spacial score (nSPS) is 11.7. The van der Waals surface area contributed by atoms with Gasteiger partial charge in [-0.25, -0.2) is 0 Å². The van der Waals surface area contributed by atoms with Crippen LogP contribution >= 0.6 is 11.8 Å². The highest BCUT2D eigenvalue weighted by molar-refractivity contribution is 7.99. The number of aromatic nitrogens is 3. The lowest BCUT2D eigenvalue weighted by Crippen LogP contribution is -2.28. The number of nitrogens with one attached hydrogen (secondary N) is 1. The number of benzene rings is 4. The Morgan fingerprint density at radius 2 is 1.45 bits per heavy atom. The first-order valence-corrected chi connectivity index (χ1v) is 14.3. The summed E-state index contributed by atoms with van der Waals surface area (Å²) in [5.74, 6) is 1.76. The molecule has 0 fully saturated rings. The molecule has 0 aliphatic rings. The second kappa shape index (κ2) is 13.1. The molecule has 40 heavy (non-hydrogen) atoms. The second-order valence-corrected chi connectivity index (χ2v) is 10.4. The molecule has 0 radical (unpaired) electrons. The van der Waals surface area contributed by atoms with Gasteiger partial charge in [0, 0.05) is 12.1 Å². The Kier molecular flexibility index (Phi) is 8.93. The van der Waals surface area contributed by atoms with Crippen LogP contribution in [-0.4, -0.2) is 33.5 Å². The van der Waals surface area contributed by atoms with E-state index in [-0.39, 0.29) is 17.7 Å². The van der Waals surface area contributed by atoms with Crippen molar-refractivity contribution in [3.63, 3.8) is 0 Å². The van der Waals surface area contributed by atoms with E-state index in [1.807, 2.05) is 67.6 Å². The summed E-state index contributed by atoms with van der Waals surface area (Å²) in [4.78, 5) is 12.9. The van der Waals surface area contributed by atoms with Crippen LogP contribution in [0.2, 0.25) is 0 Å². The van der Waals surface area contributed by atoms with E-state index >= 15 is 0 Å². The molecule has 0 saturated carbocycles. The third kappa shape index (κ3) is 6.79. The van der Waals surface area contributed by atoms with E-state index in [0.29, 0.717) is 6.54 Å². The van der Waals surface area contributed by atoms with Crippen LogP contribution in [0, 0.1) is 0 Å². The lowest BCUT2D eigenvalue weighted by Gasteiger charge is -2.15. The highest BCUT2D eigenvalue weighted by Gasteiger charge is 2.17. The fourth-order valence-electron chi connectivity index (χ4n) is 4.53. The molecule has 1 amide bonds. The zero-order valence-corrected chi connectivity index (χ0v) is 23.5. The van der Waals surface area contributed by atoms with Gasteiger partial charge < -0.3 is 14.6 Å². The number of carbonyl (C=O) groups is 1. The molecule has 1 atom stereocenters. The van der Waals surface area contributed by atoms with Crippen LogP contribution in [0.4, 0.5) is 0 Å². The Labute approximate surface area is 239 Å². The summed E-state index contributed by atoms with van der Waals surface area (Å²) in [6, 6.07) is 36.6. The zero-order valence-electron chi connectivity index (χ0n) is 22.7.